The van der Waals surface area contributed by atoms with Crippen LogP contribution in [0, 0.1) is 5.41 Å². The molecule has 18 heavy (non-hydrogen) atoms. The van der Waals surface area contributed by atoms with E-state index in [0.717, 1.165) is 25.0 Å². The molecule has 0 unspecified atom stereocenters. The number of nitrogens with one attached hydrogen (secondary N) is 1. The van der Waals surface area contributed by atoms with E-state index in [1.54, 1.807) is 6.20 Å². The predicted molar refractivity (Wildman–Crippen MR) is 69.9 cm³/mol. The van der Waals surface area contributed by atoms with E-state index in [9.17, 15) is 4.79 Å². The number of nitrogens with zero attached hydrogens (tertiary/aromatic N) is 2. The maximum Gasteiger partial charge on any atom is 0.220 e. The Hall–Kier alpha value is -1.36. The SMILES string of the molecule is Cn1nccc1CCNC(=O)CC1(CN)CCC1. The van der Waals surface area contributed by atoms with Gasteiger partial charge in [-0.15, -0.1) is 0 Å². The number of rotatable bonds is 6. The van der Waals surface area contributed by atoms with Gasteiger partial charge in [-0.25, -0.2) is 0 Å². The summed E-state index contributed by atoms with van der Waals surface area (Å²) in [5, 5.41) is 7.07. The highest BCUT2D eigenvalue weighted by molar-refractivity contribution is 5.76. The van der Waals surface area contributed by atoms with Crippen LogP contribution >= 0.6 is 0 Å². The topological polar surface area (TPSA) is 72.9 Å². The first-order chi connectivity index (χ1) is 8.65. The molecule has 0 bridgehead atoms. The van der Waals surface area contributed by atoms with E-state index < -0.39 is 0 Å². The maximum atomic E-state index is 11.8. The van der Waals surface area contributed by atoms with E-state index in [4.69, 9.17) is 5.73 Å². The van der Waals surface area contributed by atoms with Crippen LogP contribution in [0.15, 0.2) is 12.3 Å². The van der Waals surface area contributed by atoms with Crippen molar-refractivity contribution in [1.29, 1.82) is 0 Å². The van der Waals surface area contributed by atoms with Gasteiger partial charge in [0.15, 0.2) is 0 Å². The fourth-order valence-electron chi connectivity index (χ4n) is 2.51. The molecule has 1 fully saturated rings. The third-order valence-corrected chi connectivity index (χ3v) is 4.01. The molecule has 0 atom stereocenters. The number of hydrogen-bond donors (Lipinski definition) is 2. The summed E-state index contributed by atoms with van der Waals surface area (Å²) in [6.07, 6.45) is 6.57. The van der Waals surface area contributed by atoms with Gasteiger partial charge < -0.3 is 11.1 Å². The predicted octanol–water partition coefficient (Wildman–Crippen LogP) is 0.598. The van der Waals surface area contributed by atoms with Crippen molar-refractivity contribution in [1.82, 2.24) is 15.1 Å². The number of hydrogen-bond acceptors (Lipinski definition) is 3. The lowest BCUT2D eigenvalue weighted by molar-refractivity contribution is -0.124. The van der Waals surface area contributed by atoms with Crippen LogP contribution in [0.1, 0.15) is 31.4 Å². The van der Waals surface area contributed by atoms with E-state index in [-0.39, 0.29) is 11.3 Å². The largest absolute Gasteiger partial charge is 0.356 e. The molecule has 2 rings (SSSR count). The molecule has 1 heterocycles. The first-order valence-corrected chi connectivity index (χ1v) is 6.59. The molecule has 100 valence electrons. The number of carbonyl (C=O) groups excluding carboxylic acids is 1. The molecule has 0 aliphatic heterocycles. The number of amides is 1. The van der Waals surface area contributed by atoms with Gasteiger partial charge in [0.25, 0.3) is 0 Å². The summed E-state index contributed by atoms with van der Waals surface area (Å²) in [5.41, 5.74) is 6.98. The second-order valence-electron chi connectivity index (χ2n) is 5.28. The van der Waals surface area contributed by atoms with E-state index in [1.165, 1.54) is 6.42 Å². The quantitative estimate of drug-likeness (QED) is 0.776. The third kappa shape index (κ3) is 2.90. The van der Waals surface area contributed by atoms with Gasteiger partial charge in [-0.1, -0.05) is 6.42 Å². The molecule has 0 spiro atoms. The van der Waals surface area contributed by atoms with Crippen molar-refractivity contribution in [3.8, 4) is 0 Å². The first-order valence-electron chi connectivity index (χ1n) is 6.59. The highest BCUT2D eigenvalue weighted by Gasteiger charge is 2.37. The van der Waals surface area contributed by atoms with Crippen molar-refractivity contribution in [3.05, 3.63) is 18.0 Å². The smallest absolute Gasteiger partial charge is 0.220 e. The summed E-state index contributed by atoms with van der Waals surface area (Å²) in [4.78, 5) is 11.8. The Kier molecular flexibility index (Phi) is 4.01. The van der Waals surface area contributed by atoms with Crippen molar-refractivity contribution in [2.24, 2.45) is 18.2 Å². The van der Waals surface area contributed by atoms with Crippen LogP contribution in [0.3, 0.4) is 0 Å². The molecule has 5 heteroatoms. The van der Waals surface area contributed by atoms with E-state index in [2.05, 4.69) is 10.4 Å². The number of nitrogens with two attached hydrogens (primary N) is 1. The van der Waals surface area contributed by atoms with Gasteiger partial charge >= 0.3 is 0 Å². The minimum Gasteiger partial charge on any atom is -0.356 e. The van der Waals surface area contributed by atoms with Gasteiger partial charge in [-0.2, -0.15) is 5.10 Å². The van der Waals surface area contributed by atoms with Crippen molar-refractivity contribution in [3.63, 3.8) is 0 Å². The maximum absolute atomic E-state index is 11.8. The second kappa shape index (κ2) is 5.52. The highest BCUT2D eigenvalue weighted by Crippen LogP contribution is 2.42. The minimum absolute atomic E-state index is 0.0939. The molecule has 1 saturated carbocycles. The average Bonchev–Trinajstić information content (AvgIpc) is 2.70. The number of carbonyl (C=O) groups is 1. The van der Waals surface area contributed by atoms with Gasteiger partial charge in [0.2, 0.25) is 5.91 Å². The van der Waals surface area contributed by atoms with Gasteiger partial charge in [0, 0.05) is 38.3 Å². The Morgan fingerprint density at radius 1 is 1.61 bits per heavy atom. The zero-order valence-electron chi connectivity index (χ0n) is 11.0. The third-order valence-electron chi connectivity index (χ3n) is 4.01. The van der Waals surface area contributed by atoms with Crippen LogP contribution in [-0.2, 0) is 18.3 Å². The van der Waals surface area contributed by atoms with E-state index in [1.807, 2.05) is 17.8 Å². The van der Waals surface area contributed by atoms with E-state index in [0.29, 0.717) is 19.5 Å². The number of aryl methyl sites for hydroxylation is 1. The molecular weight excluding hydrogens is 228 g/mol. The molecule has 1 amide bonds. The molecule has 1 aromatic rings. The molecule has 0 saturated heterocycles. The minimum atomic E-state index is 0.0939. The van der Waals surface area contributed by atoms with Crippen molar-refractivity contribution in [2.75, 3.05) is 13.1 Å². The summed E-state index contributed by atoms with van der Waals surface area (Å²) >= 11 is 0. The second-order valence-corrected chi connectivity index (χ2v) is 5.28. The normalized spacial score (nSPS) is 17.2. The first kappa shape index (κ1) is 13.1. The summed E-state index contributed by atoms with van der Waals surface area (Å²) in [6, 6.07) is 1.97. The van der Waals surface area contributed by atoms with Gasteiger partial charge in [0.05, 0.1) is 0 Å². The van der Waals surface area contributed by atoms with Crippen LogP contribution in [0.5, 0.6) is 0 Å². The molecule has 1 aliphatic rings. The summed E-state index contributed by atoms with van der Waals surface area (Å²) in [7, 11) is 1.91. The molecule has 3 N–H and O–H groups in total. The fraction of sp³-hybridized carbons (Fsp3) is 0.692. The highest BCUT2D eigenvalue weighted by atomic mass is 16.1. The lowest BCUT2D eigenvalue weighted by Crippen LogP contribution is -2.42. The van der Waals surface area contributed by atoms with Crippen molar-refractivity contribution in [2.45, 2.75) is 32.1 Å². The Morgan fingerprint density at radius 2 is 2.39 bits per heavy atom. The monoisotopic (exact) mass is 250 g/mol. The Labute approximate surface area is 108 Å². The summed E-state index contributed by atoms with van der Waals surface area (Å²) in [5.74, 6) is 0.127. The Bertz CT molecular complexity index is 403. The zero-order chi connectivity index (χ0) is 13.0. The van der Waals surface area contributed by atoms with Gasteiger partial charge in [-0.05, 0) is 30.9 Å². The zero-order valence-corrected chi connectivity index (χ0v) is 11.0. The molecule has 1 aliphatic carbocycles. The van der Waals surface area contributed by atoms with Gasteiger partial charge in [-0.3, -0.25) is 9.48 Å². The Morgan fingerprint density at radius 3 is 2.89 bits per heavy atom. The molecule has 0 radical (unpaired) electrons. The number of aromatic nitrogens is 2. The molecule has 1 aromatic heterocycles. The van der Waals surface area contributed by atoms with Crippen LogP contribution in [0.2, 0.25) is 0 Å². The van der Waals surface area contributed by atoms with Crippen molar-refractivity contribution >= 4 is 5.91 Å². The molecule has 0 aromatic carbocycles. The summed E-state index contributed by atoms with van der Waals surface area (Å²) in [6.45, 7) is 1.29. The lowest BCUT2D eigenvalue weighted by atomic mass is 9.66. The van der Waals surface area contributed by atoms with E-state index >= 15 is 0 Å². The summed E-state index contributed by atoms with van der Waals surface area (Å²) < 4.78 is 1.83. The Balaban J connectivity index is 1.70. The van der Waals surface area contributed by atoms with Crippen LogP contribution in [0.4, 0.5) is 0 Å². The van der Waals surface area contributed by atoms with Gasteiger partial charge in [0.1, 0.15) is 0 Å². The average molecular weight is 250 g/mol. The van der Waals surface area contributed by atoms with Crippen LogP contribution in [0.25, 0.3) is 0 Å². The van der Waals surface area contributed by atoms with Crippen LogP contribution in [-0.4, -0.2) is 28.8 Å². The standard InChI is InChI=1S/C13H22N4O/c1-17-11(4-8-16-17)3-7-15-12(18)9-13(10-14)5-2-6-13/h4,8H,2-3,5-7,9-10,14H2,1H3,(H,15,18). The van der Waals surface area contributed by atoms with Crippen molar-refractivity contribution < 1.29 is 4.79 Å². The fourth-order valence-corrected chi connectivity index (χ4v) is 2.51. The molecule has 5 nitrogen and oxygen atoms in total. The lowest BCUT2D eigenvalue weighted by Gasteiger charge is -2.40. The van der Waals surface area contributed by atoms with Crippen LogP contribution < -0.4 is 11.1 Å². The molecular formula is C13H22N4O.